The molecule has 0 N–H and O–H groups in total. The monoisotopic (exact) mass is 169 g/mol. The van der Waals surface area contributed by atoms with Gasteiger partial charge in [-0.15, -0.1) is 0 Å². The Labute approximate surface area is 65.4 Å². The summed E-state index contributed by atoms with van der Waals surface area (Å²) in [6, 6.07) is 0. The van der Waals surface area contributed by atoms with E-state index in [1.807, 2.05) is 0 Å². The molecule has 0 aromatic rings. The first-order valence-corrected chi connectivity index (χ1v) is 3.55. The molecule has 0 unspecified atom stereocenters. The van der Waals surface area contributed by atoms with Crippen molar-refractivity contribution in [3.63, 3.8) is 0 Å². The van der Waals surface area contributed by atoms with E-state index >= 15 is 0 Å². The lowest BCUT2D eigenvalue weighted by Gasteiger charge is -2.07. The maximum atomic E-state index is 4.64. The molecule has 0 atom stereocenters. The second-order valence-electron chi connectivity index (χ2n) is 1.43. The predicted molar refractivity (Wildman–Crippen MR) is 38.6 cm³/mol. The van der Waals surface area contributed by atoms with E-state index in [4.69, 9.17) is 0 Å². The summed E-state index contributed by atoms with van der Waals surface area (Å²) in [6.07, 6.45) is 3.25. The summed E-state index contributed by atoms with van der Waals surface area (Å²) in [6.45, 7) is 1.56. The second-order valence-corrected chi connectivity index (χ2v) is 2.09. The molecule has 1 aliphatic heterocycles. The van der Waals surface area contributed by atoms with Crippen molar-refractivity contribution in [1.29, 1.82) is 0 Å². The van der Waals surface area contributed by atoms with Crippen LogP contribution in [0, 0.1) is 0 Å². The Kier molecular flexibility index (Phi) is 9.10. The van der Waals surface area contributed by atoms with E-state index in [1.54, 1.807) is 0 Å². The van der Waals surface area contributed by atoms with Gasteiger partial charge in [-0.25, -0.2) is 9.78 Å². The average Bonchev–Trinajstić information content (AvgIpc) is 1.93. The van der Waals surface area contributed by atoms with E-state index in [0.717, 1.165) is 32.2 Å². The van der Waals surface area contributed by atoms with Crippen LogP contribution >= 0.6 is 22.9 Å². The molecule has 0 bridgehead atoms. The summed E-state index contributed by atoms with van der Waals surface area (Å²) >= 11 is 9.28. The molecule has 9 heavy (non-hydrogen) atoms. The van der Waals surface area contributed by atoms with E-state index in [2.05, 4.69) is 32.7 Å². The summed E-state index contributed by atoms with van der Waals surface area (Å²) in [7, 11) is 0. The molecule has 0 aromatic carbocycles. The Morgan fingerprint density at radius 3 is 1.44 bits per heavy atom. The van der Waals surface area contributed by atoms with Crippen LogP contribution in [-0.2, 0) is 9.78 Å². The van der Waals surface area contributed by atoms with E-state index in [-0.39, 0.29) is 0 Å². The van der Waals surface area contributed by atoms with Crippen molar-refractivity contribution < 1.29 is 9.78 Å². The second kappa shape index (κ2) is 8.56. The van der Waals surface area contributed by atoms with E-state index in [0.29, 0.717) is 0 Å². The molecule has 0 amide bonds. The zero-order valence-electron chi connectivity index (χ0n) is 4.98. The molecular formula is C4H8BCl2O2. The van der Waals surface area contributed by atoms with Gasteiger partial charge < -0.3 is 0 Å². The topological polar surface area (TPSA) is 18.5 Å². The molecule has 0 spiro atoms. The quantitative estimate of drug-likeness (QED) is 0.406. The average molecular weight is 170 g/mol. The minimum atomic E-state index is 0.778. The molecule has 0 aromatic heterocycles. The first-order valence-electron chi connectivity index (χ1n) is 2.68. The number of halogens is 2. The molecule has 5 heteroatoms. The van der Waals surface area contributed by atoms with Crippen molar-refractivity contribution in [2.75, 3.05) is 13.2 Å². The van der Waals surface area contributed by atoms with Gasteiger partial charge in [0.05, 0.1) is 13.2 Å². The summed E-state index contributed by atoms with van der Waals surface area (Å²) < 4.78 is 0. The van der Waals surface area contributed by atoms with Gasteiger partial charge in [0.2, 0.25) is 0 Å². The van der Waals surface area contributed by atoms with Crippen molar-refractivity contribution in [2.45, 2.75) is 12.8 Å². The molecule has 0 saturated carbocycles. The molecule has 2 nitrogen and oxygen atoms in total. The summed E-state index contributed by atoms with van der Waals surface area (Å²) in [5, 5.41) is 0. The van der Waals surface area contributed by atoms with Gasteiger partial charge in [0.25, 0.3) is 0 Å². The molecule has 1 heterocycles. The number of hydrogen-bond donors (Lipinski definition) is 0. The van der Waals surface area contributed by atoms with Crippen molar-refractivity contribution in [3.8, 4) is 0 Å². The van der Waals surface area contributed by atoms with Gasteiger partial charge in [-0.3, -0.25) is 0 Å². The van der Waals surface area contributed by atoms with Gasteiger partial charge in [0.15, 0.2) is 0 Å². The van der Waals surface area contributed by atoms with Crippen molar-refractivity contribution in [3.05, 3.63) is 0 Å². The van der Waals surface area contributed by atoms with Gasteiger partial charge in [0, 0.05) is 0 Å². The van der Waals surface area contributed by atoms with Gasteiger partial charge in [-0.2, -0.15) is 22.9 Å². The Morgan fingerprint density at radius 1 is 1.00 bits per heavy atom. The first-order chi connectivity index (χ1) is 4.41. The van der Waals surface area contributed by atoms with Crippen LogP contribution in [0.1, 0.15) is 12.8 Å². The number of rotatable bonds is 0. The highest BCUT2D eigenvalue weighted by molar-refractivity contribution is 7.22. The minimum Gasteiger partial charge on any atom is -0.237 e. The number of hydrogen-bond acceptors (Lipinski definition) is 2. The Morgan fingerprint density at radius 2 is 1.33 bits per heavy atom. The normalized spacial score (nSPS) is 17.6. The third kappa shape index (κ3) is 8.56. The van der Waals surface area contributed by atoms with Crippen LogP contribution in [0.5, 0.6) is 0 Å². The lowest BCUT2D eigenvalue weighted by atomic mass is 10.3. The molecule has 1 saturated heterocycles. The van der Waals surface area contributed by atoms with Crippen LogP contribution in [0.2, 0.25) is 0 Å². The van der Waals surface area contributed by atoms with Crippen LogP contribution in [0.25, 0.3) is 0 Å². The van der Waals surface area contributed by atoms with Crippen molar-refractivity contribution in [2.24, 2.45) is 0 Å². The van der Waals surface area contributed by atoms with Crippen LogP contribution < -0.4 is 0 Å². The molecular weight excluding hydrogens is 162 g/mol. The van der Waals surface area contributed by atoms with E-state index in [1.165, 1.54) is 0 Å². The third-order valence-corrected chi connectivity index (χ3v) is 0.789. The Hall–Kier alpha value is 0.565. The van der Waals surface area contributed by atoms with Crippen LogP contribution in [0.4, 0.5) is 0 Å². The Bertz CT molecular complexity index is 40.3. The summed E-state index contributed by atoms with van der Waals surface area (Å²) in [4.78, 5) is 9.14. The minimum absolute atomic E-state index is 0.778. The highest BCUT2D eigenvalue weighted by Crippen LogP contribution is 1.97. The smallest absolute Gasteiger partial charge is 0.237 e. The van der Waals surface area contributed by atoms with E-state index in [9.17, 15) is 0 Å². The zero-order chi connectivity index (χ0) is 6.95. The fourth-order valence-electron chi connectivity index (χ4n) is 0.440. The fraction of sp³-hybridized carbons (Fsp3) is 1.00. The van der Waals surface area contributed by atoms with Gasteiger partial charge in [0.1, 0.15) is 0 Å². The zero-order valence-corrected chi connectivity index (χ0v) is 6.49. The van der Waals surface area contributed by atoms with E-state index < -0.39 is 0 Å². The van der Waals surface area contributed by atoms with Crippen LogP contribution in [0.15, 0.2) is 0 Å². The van der Waals surface area contributed by atoms with Crippen molar-refractivity contribution in [1.82, 2.24) is 0 Å². The van der Waals surface area contributed by atoms with Gasteiger partial charge in [-0.1, -0.05) is 0 Å². The fourth-order valence-corrected chi connectivity index (χ4v) is 0.440. The molecule has 0 aliphatic carbocycles. The third-order valence-electron chi connectivity index (χ3n) is 0.789. The largest absolute Gasteiger partial charge is 0.357 e. The molecule has 1 aliphatic rings. The maximum Gasteiger partial charge on any atom is 0.357 e. The standard InChI is InChI=1S/C4H8O2.BCl2/c1-2-4-6-5-3-1;2-1-3/h1-4H2;. The van der Waals surface area contributed by atoms with Crippen LogP contribution in [0.3, 0.4) is 0 Å². The van der Waals surface area contributed by atoms with Crippen molar-refractivity contribution >= 4 is 29.0 Å². The maximum absolute atomic E-state index is 4.64. The highest BCUT2D eigenvalue weighted by atomic mass is 35.5. The molecule has 1 fully saturated rings. The molecule has 1 radical (unpaired) electrons. The predicted octanol–water partition coefficient (Wildman–Crippen LogP) is 1.73. The lowest BCUT2D eigenvalue weighted by molar-refractivity contribution is -0.312. The molecule has 1 rings (SSSR count). The molecule has 53 valence electrons. The summed E-state index contributed by atoms with van der Waals surface area (Å²) in [5.41, 5.74) is 0. The first kappa shape index (κ1) is 9.56. The lowest BCUT2D eigenvalue weighted by Crippen LogP contribution is -2.05. The van der Waals surface area contributed by atoms with Crippen LogP contribution in [-0.4, -0.2) is 19.3 Å². The Balaban J connectivity index is 0.000000187. The summed E-state index contributed by atoms with van der Waals surface area (Å²) in [5.74, 6) is 0. The highest BCUT2D eigenvalue weighted by Gasteiger charge is 1.95. The van der Waals surface area contributed by atoms with Gasteiger partial charge in [-0.05, 0) is 12.8 Å². The van der Waals surface area contributed by atoms with Gasteiger partial charge >= 0.3 is 6.11 Å². The SMILES string of the molecule is C1CCOOC1.Cl[B]Cl.